The molecule has 0 saturated carbocycles. The van der Waals surface area contributed by atoms with E-state index < -0.39 is 35.1 Å². The van der Waals surface area contributed by atoms with Gasteiger partial charge in [-0.05, 0) is 28.5 Å². The smallest absolute Gasteiger partial charge is 0.326 e. The van der Waals surface area contributed by atoms with Crippen molar-refractivity contribution in [2.24, 2.45) is 0 Å². The highest BCUT2D eigenvalue weighted by Crippen LogP contribution is 2.20. The second-order valence-electron chi connectivity index (χ2n) is 5.83. The van der Waals surface area contributed by atoms with Crippen LogP contribution < -0.4 is 5.32 Å². The highest BCUT2D eigenvalue weighted by Gasteiger charge is 2.23. The zero-order valence-corrected chi connectivity index (χ0v) is 13.6. The zero-order valence-electron chi connectivity index (χ0n) is 13.6. The van der Waals surface area contributed by atoms with Gasteiger partial charge in [0.1, 0.15) is 17.7 Å². The number of nitrogens with one attached hydrogen (secondary N) is 1. The van der Waals surface area contributed by atoms with E-state index in [9.17, 15) is 23.5 Å². The molecule has 1 atom stereocenters. The van der Waals surface area contributed by atoms with Crippen LogP contribution in [0.15, 0.2) is 60.7 Å². The molecule has 0 aromatic heterocycles. The zero-order chi connectivity index (χ0) is 18.7. The van der Waals surface area contributed by atoms with Crippen LogP contribution in [-0.4, -0.2) is 23.0 Å². The monoisotopic (exact) mass is 355 g/mol. The van der Waals surface area contributed by atoms with Crippen LogP contribution in [0.2, 0.25) is 0 Å². The van der Waals surface area contributed by atoms with Crippen molar-refractivity contribution >= 4 is 22.6 Å². The van der Waals surface area contributed by atoms with Crippen LogP contribution in [0.3, 0.4) is 0 Å². The van der Waals surface area contributed by atoms with Gasteiger partial charge in [0.25, 0.3) is 5.91 Å². The molecule has 3 aromatic rings. The topological polar surface area (TPSA) is 66.4 Å². The van der Waals surface area contributed by atoms with Crippen molar-refractivity contribution in [2.75, 3.05) is 0 Å². The molecular weight excluding hydrogens is 340 g/mol. The van der Waals surface area contributed by atoms with Gasteiger partial charge in [-0.3, -0.25) is 4.79 Å². The van der Waals surface area contributed by atoms with Crippen molar-refractivity contribution in [1.82, 2.24) is 5.32 Å². The van der Waals surface area contributed by atoms with E-state index in [1.54, 1.807) is 12.1 Å². The number of carboxylic acid groups (broad SMARTS) is 1. The Hall–Kier alpha value is -3.28. The molecule has 3 aromatic carbocycles. The number of rotatable bonds is 5. The third-order valence-corrected chi connectivity index (χ3v) is 4.08. The van der Waals surface area contributed by atoms with E-state index in [-0.39, 0.29) is 6.42 Å². The number of aliphatic carboxylic acids is 1. The summed E-state index contributed by atoms with van der Waals surface area (Å²) in [7, 11) is 0. The minimum atomic E-state index is -1.25. The van der Waals surface area contributed by atoms with Gasteiger partial charge in [0.05, 0.1) is 5.56 Å². The normalized spacial score (nSPS) is 11.9. The highest BCUT2D eigenvalue weighted by molar-refractivity contribution is 5.97. The molecule has 0 aliphatic carbocycles. The number of carboxylic acids is 1. The number of carbonyl (C=O) groups excluding carboxylic acids is 1. The van der Waals surface area contributed by atoms with E-state index in [1.807, 2.05) is 30.3 Å². The maximum Gasteiger partial charge on any atom is 0.326 e. The number of benzene rings is 3. The van der Waals surface area contributed by atoms with Gasteiger partial charge in [-0.1, -0.05) is 42.5 Å². The van der Waals surface area contributed by atoms with Crippen LogP contribution in [0.1, 0.15) is 15.9 Å². The fraction of sp³-hybridized carbons (Fsp3) is 0.100. The number of hydrogen-bond acceptors (Lipinski definition) is 2. The van der Waals surface area contributed by atoms with E-state index in [2.05, 4.69) is 5.32 Å². The van der Waals surface area contributed by atoms with Gasteiger partial charge < -0.3 is 10.4 Å². The predicted octanol–water partition coefficient (Wildman–Crippen LogP) is 3.54. The van der Waals surface area contributed by atoms with Gasteiger partial charge in [-0.15, -0.1) is 0 Å². The van der Waals surface area contributed by atoms with E-state index in [1.165, 1.54) is 0 Å². The summed E-state index contributed by atoms with van der Waals surface area (Å²) < 4.78 is 26.7. The standard InChI is InChI=1S/C20H15F2NO3/c21-14-8-9-16(17(22)11-14)19(24)23-18(20(25)26)10-13-6-3-5-12-4-1-2-7-15(12)13/h1-9,11,18H,10H2,(H,23,24)(H,25,26)/t18-/m1/s1. The van der Waals surface area contributed by atoms with Crippen LogP contribution >= 0.6 is 0 Å². The van der Waals surface area contributed by atoms with E-state index in [0.717, 1.165) is 28.5 Å². The van der Waals surface area contributed by atoms with Crippen LogP contribution in [0, 0.1) is 11.6 Å². The number of hydrogen-bond donors (Lipinski definition) is 2. The second-order valence-corrected chi connectivity index (χ2v) is 5.83. The van der Waals surface area contributed by atoms with E-state index in [4.69, 9.17) is 0 Å². The quantitative estimate of drug-likeness (QED) is 0.736. The average molecular weight is 355 g/mol. The second kappa shape index (κ2) is 7.31. The molecule has 132 valence electrons. The Morgan fingerprint density at radius 3 is 2.46 bits per heavy atom. The summed E-state index contributed by atoms with van der Waals surface area (Å²) in [4.78, 5) is 23.8. The SMILES string of the molecule is O=C(N[C@H](Cc1cccc2ccccc12)C(=O)O)c1ccc(F)cc1F. The number of fused-ring (bicyclic) bond motifs is 1. The Bertz CT molecular complexity index is 982. The molecule has 0 bridgehead atoms. The first kappa shape index (κ1) is 17.5. The van der Waals surface area contributed by atoms with Gasteiger partial charge in [-0.2, -0.15) is 0 Å². The molecule has 2 N–H and O–H groups in total. The lowest BCUT2D eigenvalue weighted by Gasteiger charge is -2.16. The van der Waals surface area contributed by atoms with Gasteiger partial charge in [0.2, 0.25) is 0 Å². The Morgan fingerprint density at radius 1 is 1.00 bits per heavy atom. The molecule has 0 fully saturated rings. The summed E-state index contributed by atoms with van der Waals surface area (Å²) in [5.41, 5.74) is 0.339. The first-order valence-corrected chi connectivity index (χ1v) is 7.91. The maximum absolute atomic E-state index is 13.7. The van der Waals surface area contributed by atoms with Crippen molar-refractivity contribution in [3.63, 3.8) is 0 Å². The largest absolute Gasteiger partial charge is 0.480 e. The minimum Gasteiger partial charge on any atom is -0.480 e. The summed E-state index contributed by atoms with van der Waals surface area (Å²) in [6.07, 6.45) is 0.0330. The summed E-state index contributed by atoms with van der Waals surface area (Å²) >= 11 is 0. The lowest BCUT2D eigenvalue weighted by molar-refractivity contribution is -0.139. The van der Waals surface area contributed by atoms with E-state index in [0.29, 0.717) is 6.07 Å². The average Bonchev–Trinajstić information content (AvgIpc) is 2.61. The predicted molar refractivity (Wildman–Crippen MR) is 92.9 cm³/mol. The lowest BCUT2D eigenvalue weighted by Crippen LogP contribution is -2.42. The fourth-order valence-electron chi connectivity index (χ4n) is 2.80. The molecule has 0 saturated heterocycles. The number of amides is 1. The third kappa shape index (κ3) is 3.69. The van der Waals surface area contributed by atoms with Crippen molar-refractivity contribution < 1.29 is 23.5 Å². The molecule has 4 nitrogen and oxygen atoms in total. The lowest BCUT2D eigenvalue weighted by atomic mass is 9.98. The molecular formula is C20H15F2NO3. The number of halogens is 2. The molecule has 0 spiro atoms. The molecule has 0 aliphatic rings. The molecule has 26 heavy (non-hydrogen) atoms. The number of carbonyl (C=O) groups is 2. The van der Waals surface area contributed by atoms with Gasteiger partial charge >= 0.3 is 5.97 Å². The molecule has 3 rings (SSSR count). The minimum absolute atomic E-state index is 0.0330. The van der Waals surface area contributed by atoms with Crippen LogP contribution in [0.4, 0.5) is 8.78 Å². The Labute approximate surface area is 148 Å². The van der Waals surface area contributed by atoms with Crippen LogP contribution in [0.25, 0.3) is 10.8 Å². The van der Waals surface area contributed by atoms with Crippen molar-refractivity contribution in [1.29, 1.82) is 0 Å². The summed E-state index contributed by atoms with van der Waals surface area (Å²) in [6.45, 7) is 0. The molecule has 0 unspecified atom stereocenters. The summed E-state index contributed by atoms with van der Waals surface area (Å²) in [5.74, 6) is -4.01. The molecule has 1 amide bonds. The van der Waals surface area contributed by atoms with Crippen LogP contribution in [0.5, 0.6) is 0 Å². The Morgan fingerprint density at radius 2 is 1.73 bits per heavy atom. The first-order chi connectivity index (χ1) is 12.5. The van der Waals surface area contributed by atoms with Gasteiger partial charge in [0, 0.05) is 12.5 Å². The highest BCUT2D eigenvalue weighted by atomic mass is 19.1. The molecule has 0 radical (unpaired) electrons. The Balaban J connectivity index is 1.85. The summed E-state index contributed by atoms with van der Waals surface area (Å²) in [5, 5.41) is 13.6. The maximum atomic E-state index is 13.7. The van der Waals surface area contributed by atoms with Crippen LogP contribution in [-0.2, 0) is 11.2 Å². The molecule has 6 heteroatoms. The fourth-order valence-corrected chi connectivity index (χ4v) is 2.80. The van der Waals surface area contributed by atoms with Gasteiger partial charge in [-0.25, -0.2) is 13.6 Å². The Kier molecular flexibility index (Phi) is 4.93. The molecule has 0 aliphatic heterocycles. The third-order valence-electron chi connectivity index (χ3n) is 4.08. The van der Waals surface area contributed by atoms with Gasteiger partial charge in [0.15, 0.2) is 0 Å². The first-order valence-electron chi connectivity index (χ1n) is 7.91. The van der Waals surface area contributed by atoms with Crippen molar-refractivity contribution in [2.45, 2.75) is 12.5 Å². The van der Waals surface area contributed by atoms with Crippen molar-refractivity contribution in [3.05, 3.63) is 83.4 Å². The van der Waals surface area contributed by atoms with Crippen molar-refractivity contribution in [3.8, 4) is 0 Å². The molecule has 0 heterocycles. The summed E-state index contributed by atoms with van der Waals surface area (Å²) in [6, 6.07) is 14.2. The van der Waals surface area contributed by atoms with E-state index >= 15 is 0 Å².